The minimum atomic E-state index is -0.148. The lowest BCUT2D eigenvalue weighted by molar-refractivity contribution is -0.135. The van der Waals surface area contributed by atoms with E-state index in [1.807, 2.05) is 0 Å². The monoisotopic (exact) mass is 365 g/mol. The van der Waals surface area contributed by atoms with E-state index in [1.165, 1.54) is 63.6 Å². The molecule has 1 saturated heterocycles. The third-order valence-corrected chi connectivity index (χ3v) is 6.83. The van der Waals surface area contributed by atoms with Gasteiger partial charge in [0.1, 0.15) is 0 Å². The summed E-state index contributed by atoms with van der Waals surface area (Å²) in [5, 5.41) is 0. The molecule has 1 heterocycles. The molecule has 0 radical (unpaired) electrons. The average molecular weight is 366 g/mol. The van der Waals surface area contributed by atoms with Gasteiger partial charge >= 0.3 is 0 Å². The average Bonchev–Trinajstić information content (AvgIpc) is 3.27. The Morgan fingerprint density at radius 2 is 1.70 bits per heavy atom. The first-order valence-corrected chi connectivity index (χ1v) is 11.2. The minimum Gasteiger partial charge on any atom is -0.362 e. The lowest BCUT2D eigenvalue weighted by Crippen LogP contribution is -2.44. The second kappa shape index (κ2) is 9.21. The van der Waals surface area contributed by atoms with Crippen molar-refractivity contribution in [1.82, 2.24) is 4.90 Å². The SMILES string of the molecule is C1=CCC(OC(CCN2CCCC2)(c2ccccc2)C2CCCCC2)C=C1. The molecule has 3 aliphatic rings. The molecule has 2 nitrogen and oxygen atoms in total. The standard InChI is InChI=1S/C25H35NO/c1-4-12-22(13-5-1)25(23-14-6-2-7-15-23,18-21-26-19-10-11-20-26)27-24-16-8-3-9-17-24/h1,3-5,8-9,12-13,16,23-24H,2,6-7,10-11,14-15,17-21H2. The fourth-order valence-electron chi connectivity index (χ4n) is 5.34. The van der Waals surface area contributed by atoms with E-state index in [0.717, 1.165) is 19.4 Å². The number of hydrogen-bond acceptors (Lipinski definition) is 2. The molecule has 0 spiro atoms. The molecule has 146 valence electrons. The fourth-order valence-corrected chi connectivity index (χ4v) is 5.34. The van der Waals surface area contributed by atoms with E-state index in [-0.39, 0.29) is 11.7 Å². The number of hydrogen-bond donors (Lipinski definition) is 0. The van der Waals surface area contributed by atoms with Gasteiger partial charge in [-0.1, -0.05) is 73.9 Å². The van der Waals surface area contributed by atoms with E-state index in [4.69, 9.17) is 4.74 Å². The zero-order valence-electron chi connectivity index (χ0n) is 16.7. The third-order valence-electron chi connectivity index (χ3n) is 6.83. The van der Waals surface area contributed by atoms with Crippen molar-refractivity contribution < 1.29 is 4.74 Å². The second-order valence-corrected chi connectivity index (χ2v) is 8.59. The first-order chi connectivity index (χ1) is 13.4. The second-order valence-electron chi connectivity index (χ2n) is 8.59. The molecular formula is C25H35NO. The quantitative estimate of drug-likeness (QED) is 0.601. The first-order valence-electron chi connectivity index (χ1n) is 11.2. The summed E-state index contributed by atoms with van der Waals surface area (Å²) in [4.78, 5) is 2.65. The number of benzene rings is 1. The van der Waals surface area contributed by atoms with E-state index in [0.29, 0.717) is 5.92 Å². The van der Waals surface area contributed by atoms with Crippen LogP contribution in [0.5, 0.6) is 0 Å². The Kier molecular flexibility index (Phi) is 6.47. The summed E-state index contributed by atoms with van der Waals surface area (Å²) in [5.74, 6) is 0.635. The van der Waals surface area contributed by atoms with Gasteiger partial charge in [-0.05, 0) is 63.1 Å². The lowest BCUT2D eigenvalue weighted by Gasteiger charge is -2.45. The predicted molar refractivity (Wildman–Crippen MR) is 113 cm³/mol. The molecule has 2 atom stereocenters. The van der Waals surface area contributed by atoms with Crippen LogP contribution >= 0.6 is 0 Å². The van der Waals surface area contributed by atoms with Crippen LogP contribution in [0, 0.1) is 5.92 Å². The molecule has 1 saturated carbocycles. The Morgan fingerprint density at radius 1 is 0.926 bits per heavy atom. The Balaban J connectivity index is 1.64. The molecule has 1 aromatic rings. The van der Waals surface area contributed by atoms with Crippen molar-refractivity contribution >= 4 is 0 Å². The number of likely N-dealkylation sites (tertiary alicyclic amines) is 1. The Labute approximate surface area is 165 Å². The molecule has 2 fully saturated rings. The van der Waals surface area contributed by atoms with Crippen molar-refractivity contribution in [3.05, 3.63) is 60.2 Å². The normalized spacial score (nSPS) is 26.3. The number of ether oxygens (including phenoxy) is 1. The van der Waals surface area contributed by atoms with Crippen molar-refractivity contribution in [2.24, 2.45) is 5.92 Å². The first kappa shape index (κ1) is 19.0. The summed E-state index contributed by atoms with van der Waals surface area (Å²) < 4.78 is 7.10. The van der Waals surface area contributed by atoms with Crippen LogP contribution in [0.4, 0.5) is 0 Å². The highest BCUT2D eigenvalue weighted by atomic mass is 16.5. The summed E-state index contributed by atoms with van der Waals surface area (Å²) >= 11 is 0. The maximum Gasteiger partial charge on any atom is 0.0979 e. The molecule has 27 heavy (non-hydrogen) atoms. The van der Waals surface area contributed by atoms with E-state index in [9.17, 15) is 0 Å². The van der Waals surface area contributed by atoms with E-state index in [1.54, 1.807) is 0 Å². The van der Waals surface area contributed by atoms with Gasteiger partial charge in [-0.25, -0.2) is 0 Å². The van der Waals surface area contributed by atoms with E-state index in [2.05, 4.69) is 59.5 Å². The molecule has 2 heteroatoms. The van der Waals surface area contributed by atoms with Crippen LogP contribution in [0.15, 0.2) is 54.6 Å². The summed E-state index contributed by atoms with van der Waals surface area (Å²) in [7, 11) is 0. The number of rotatable bonds is 7. The van der Waals surface area contributed by atoms with Gasteiger partial charge in [-0.3, -0.25) is 0 Å². The van der Waals surface area contributed by atoms with Gasteiger partial charge in [0.05, 0.1) is 11.7 Å². The molecule has 1 aliphatic heterocycles. The Morgan fingerprint density at radius 3 is 2.41 bits per heavy atom. The maximum atomic E-state index is 7.10. The van der Waals surface area contributed by atoms with Crippen molar-refractivity contribution in [2.45, 2.75) is 69.5 Å². The third kappa shape index (κ3) is 4.55. The van der Waals surface area contributed by atoms with Gasteiger partial charge < -0.3 is 9.64 Å². The van der Waals surface area contributed by atoms with Crippen LogP contribution in [-0.2, 0) is 10.3 Å². The van der Waals surface area contributed by atoms with Crippen molar-refractivity contribution in [1.29, 1.82) is 0 Å². The highest BCUT2D eigenvalue weighted by Gasteiger charge is 2.43. The summed E-state index contributed by atoms with van der Waals surface area (Å²) in [6, 6.07) is 11.2. The largest absolute Gasteiger partial charge is 0.362 e. The van der Waals surface area contributed by atoms with Crippen LogP contribution in [0.3, 0.4) is 0 Å². The van der Waals surface area contributed by atoms with Gasteiger partial charge in [-0.15, -0.1) is 0 Å². The van der Waals surface area contributed by atoms with Crippen molar-refractivity contribution in [3.63, 3.8) is 0 Å². The highest BCUT2D eigenvalue weighted by molar-refractivity contribution is 5.25. The van der Waals surface area contributed by atoms with Gasteiger partial charge in [0.25, 0.3) is 0 Å². The van der Waals surface area contributed by atoms with Gasteiger partial charge in [0.15, 0.2) is 0 Å². The van der Waals surface area contributed by atoms with E-state index >= 15 is 0 Å². The number of allylic oxidation sites excluding steroid dienone is 2. The Hall–Kier alpha value is -1.38. The summed E-state index contributed by atoms with van der Waals surface area (Å²) in [5.41, 5.74) is 1.25. The number of nitrogens with zero attached hydrogens (tertiary/aromatic N) is 1. The smallest absolute Gasteiger partial charge is 0.0979 e. The van der Waals surface area contributed by atoms with Gasteiger partial charge in [-0.2, -0.15) is 0 Å². The van der Waals surface area contributed by atoms with Gasteiger partial charge in [0.2, 0.25) is 0 Å². The van der Waals surface area contributed by atoms with Crippen LogP contribution in [0.1, 0.15) is 63.4 Å². The molecule has 0 bridgehead atoms. The zero-order chi connectivity index (χ0) is 18.4. The lowest BCUT2D eigenvalue weighted by atomic mass is 9.71. The molecule has 2 unspecified atom stereocenters. The van der Waals surface area contributed by atoms with Crippen LogP contribution in [0.2, 0.25) is 0 Å². The highest BCUT2D eigenvalue weighted by Crippen LogP contribution is 2.46. The molecular weight excluding hydrogens is 330 g/mol. The van der Waals surface area contributed by atoms with Crippen molar-refractivity contribution in [3.8, 4) is 0 Å². The predicted octanol–water partition coefficient (Wildman–Crippen LogP) is 5.85. The molecule has 0 amide bonds. The molecule has 0 aromatic heterocycles. The van der Waals surface area contributed by atoms with Gasteiger partial charge in [0, 0.05) is 6.54 Å². The van der Waals surface area contributed by atoms with Crippen molar-refractivity contribution in [2.75, 3.05) is 19.6 Å². The maximum absolute atomic E-state index is 7.10. The zero-order valence-corrected chi connectivity index (χ0v) is 16.7. The fraction of sp³-hybridized carbons (Fsp3) is 0.600. The van der Waals surface area contributed by atoms with E-state index < -0.39 is 0 Å². The molecule has 1 aromatic carbocycles. The van der Waals surface area contributed by atoms with Crippen LogP contribution < -0.4 is 0 Å². The Bertz CT molecular complexity index is 625. The topological polar surface area (TPSA) is 12.5 Å². The van der Waals surface area contributed by atoms with Crippen LogP contribution in [0.25, 0.3) is 0 Å². The molecule has 0 N–H and O–H groups in total. The minimum absolute atomic E-state index is 0.148. The summed E-state index contributed by atoms with van der Waals surface area (Å²) in [6.45, 7) is 3.70. The summed E-state index contributed by atoms with van der Waals surface area (Å²) in [6.07, 6.45) is 20.6. The molecule has 4 rings (SSSR count). The molecule has 2 aliphatic carbocycles. The van der Waals surface area contributed by atoms with Crippen LogP contribution in [-0.4, -0.2) is 30.6 Å².